The Labute approximate surface area is 233 Å². The van der Waals surface area contributed by atoms with Gasteiger partial charge in [-0.1, -0.05) is 23.2 Å². The normalized spacial score (nSPS) is 12.6. The molecule has 4 rings (SSSR count). The summed E-state index contributed by atoms with van der Waals surface area (Å²) in [5, 5.41) is 6.24. The first-order chi connectivity index (χ1) is 19.0. The quantitative estimate of drug-likeness (QED) is 0.336. The highest BCUT2D eigenvalue weighted by molar-refractivity contribution is 6.33. The number of ether oxygens (including phenoxy) is 1. The topological polar surface area (TPSA) is 104 Å². The summed E-state index contributed by atoms with van der Waals surface area (Å²) in [6, 6.07) is 2.99. The van der Waals surface area contributed by atoms with Gasteiger partial charge >= 0.3 is 0 Å². The minimum absolute atomic E-state index is 0.00280. The molecule has 0 fully saturated rings. The number of aryl methyl sites for hydroxylation is 1. The van der Waals surface area contributed by atoms with Crippen molar-refractivity contribution in [1.29, 1.82) is 0 Å². The van der Waals surface area contributed by atoms with E-state index in [-0.39, 0.29) is 33.8 Å². The Hall–Kier alpha value is -3.90. The van der Waals surface area contributed by atoms with Crippen LogP contribution in [0.4, 0.5) is 13.2 Å². The number of nitrogens with one attached hydrogen (secondary N) is 1. The molecule has 0 aliphatic heterocycles. The Kier molecular flexibility index (Phi) is 6.96. The fourth-order valence-electron chi connectivity index (χ4n) is 3.76. The van der Waals surface area contributed by atoms with Crippen molar-refractivity contribution in [1.82, 2.24) is 29.6 Å². The number of carbonyl (C=O) groups is 1. The zero-order valence-corrected chi connectivity index (χ0v) is 22.3. The summed E-state index contributed by atoms with van der Waals surface area (Å²) in [7, 11) is 0. The number of nitrogens with zero attached hydrogens (tertiary/aromatic N) is 5. The highest BCUT2D eigenvalue weighted by atomic mass is 35.5. The molecule has 0 saturated carbocycles. The molecule has 0 unspecified atom stereocenters. The van der Waals surface area contributed by atoms with Crippen LogP contribution in [0.25, 0.3) is 11.5 Å². The number of amides is 1. The number of pyridine rings is 3. The molecule has 4 aromatic heterocycles. The van der Waals surface area contributed by atoms with Crippen molar-refractivity contribution in [3.8, 4) is 17.3 Å². The van der Waals surface area contributed by atoms with Gasteiger partial charge in [0.05, 0.1) is 37.6 Å². The Morgan fingerprint density at radius 2 is 1.87 bits per heavy atom. The molecule has 4 aromatic rings. The molecule has 0 radical (unpaired) electrons. The molecule has 9 nitrogen and oxygen atoms in total. The number of hydrogen-bond acceptors (Lipinski definition) is 6. The molecule has 39 heavy (non-hydrogen) atoms. The number of rotatable bonds is 7. The second kappa shape index (κ2) is 10.7. The van der Waals surface area contributed by atoms with Crippen LogP contribution in [0.1, 0.15) is 40.6 Å². The molecule has 14 heteroatoms. The van der Waals surface area contributed by atoms with E-state index in [0.29, 0.717) is 12.3 Å². The van der Waals surface area contributed by atoms with Crippen LogP contribution in [0.15, 0.2) is 41.6 Å². The molecule has 0 aliphatic rings. The third-order valence-electron chi connectivity index (χ3n) is 5.41. The molecular weight excluding hydrogens is 560 g/mol. The van der Waals surface area contributed by atoms with Crippen molar-refractivity contribution in [3.05, 3.63) is 91.7 Å². The van der Waals surface area contributed by atoms with Crippen molar-refractivity contribution in [3.63, 3.8) is 0 Å². The number of carbonyl (C=O) groups excluding carboxylic acids is 1. The van der Waals surface area contributed by atoms with E-state index in [2.05, 4.69) is 20.4 Å². The first-order valence-electron chi connectivity index (χ1n) is 12.1. The van der Waals surface area contributed by atoms with Gasteiger partial charge in [-0.3, -0.25) is 19.1 Å². The maximum absolute atomic E-state index is 14.8. The molecule has 4 heterocycles. The first-order valence-corrected chi connectivity index (χ1v) is 11.9. The number of halogens is 5. The van der Waals surface area contributed by atoms with E-state index in [4.69, 9.17) is 30.7 Å². The molecule has 1 amide bonds. The average molecular weight is 583 g/mol. The van der Waals surface area contributed by atoms with Crippen LogP contribution in [0.5, 0.6) is 5.75 Å². The smallest absolute Gasteiger partial charge is 0.277 e. The summed E-state index contributed by atoms with van der Waals surface area (Å²) in [5.41, 5.74) is -2.72. The Morgan fingerprint density at radius 3 is 2.54 bits per heavy atom. The van der Waals surface area contributed by atoms with E-state index < -0.39 is 51.6 Å². The molecular formula is C25H21Cl2F3N6O3. The highest BCUT2D eigenvalue weighted by Crippen LogP contribution is 2.29. The molecule has 0 aliphatic carbocycles. The Balaban J connectivity index is 1.75. The molecule has 204 valence electrons. The van der Waals surface area contributed by atoms with E-state index >= 15 is 0 Å². The molecule has 0 bridgehead atoms. The average Bonchev–Trinajstić information content (AvgIpc) is 3.25. The predicted octanol–water partition coefficient (Wildman–Crippen LogP) is 4.80. The second-order valence-corrected chi connectivity index (χ2v) is 9.65. The van der Waals surface area contributed by atoms with Gasteiger partial charge in [0.15, 0.2) is 17.5 Å². The predicted molar refractivity (Wildman–Crippen MR) is 137 cm³/mol. The SMILES string of the molecule is [2H]C([2H])(Oc1cc(C)n(-c2cc(-n3cc(F)c(C(C)(C)NC(C)=O)n3)ncc2Cl)c(=O)c1Cl)c1ncc(F)cc1F. The third-order valence-corrected chi connectivity index (χ3v) is 6.05. The van der Waals surface area contributed by atoms with Crippen molar-refractivity contribution >= 4 is 29.1 Å². The van der Waals surface area contributed by atoms with E-state index in [9.17, 15) is 22.8 Å². The van der Waals surface area contributed by atoms with Crippen LogP contribution in [0.2, 0.25) is 10.0 Å². The standard InChI is InChI=1S/C25H21Cl2F3N6O3/c1-12-5-20(39-11-18-16(29)6-14(28)8-31-18)22(27)24(38)36(12)19-7-21(32-9-15(19)26)35-10-17(30)23(34-35)25(3,4)33-13(2)37/h5-10H,11H2,1-4H3,(H,33,37)/i11D2. The fourth-order valence-corrected chi connectivity index (χ4v) is 4.12. The second-order valence-electron chi connectivity index (χ2n) is 8.86. The van der Waals surface area contributed by atoms with E-state index in [1.54, 1.807) is 13.8 Å². The van der Waals surface area contributed by atoms with Crippen molar-refractivity contribution in [2.75, 3.05) is 0 Å². The molecule has 0 aromatic carbocycles. The monoisotopic (exact) mass is 582 g/mol. The third kappa shape index (κ3) is 5.76. The minimum atomic E-state index is -2.93. The zero-order chi connectivity index (χ0) is 30.4. The van der Waals surface area contributed by atoms with E-state index in [0.717, 1.165) is 15.4 Å². The van der Waals surface area contributed by atoms with Crippen LogP contribution in [0.3, 0.4) is 0 Å². The van der Waals surface area contributed by atoms with Crippen LogP contribution in [0, 0.1) is 24.4 Å². The molecule has 0 atom stereocenters. The lowest BCUT2D eigenvalue weighted by atomic mass is 10.0. The fraction of sp³-hybridized carbons (Fsp3) is 0.240. The lowest BCUT2D eigenvalue weighted by molar-refractivity contribution is -0.120. The maximum atomic E-state index is 14.8. The first kappa shape index (κ1) is 25.4. The Morgan fingerprint density at radius 1 is 1.15 bits per heavy atom. The highest BCUT2D eigenvalue weighted by Gasteiger charge is 2.29. The lowest BCUT2D eigenvalue weighted by Crippen LogP contribution is -2.40. The van der Waals surface area contributed by atoms with Gasteiger partial charge in [0.25, 0.3) is 5.56 Å². The van der Waals surface area contributed by atoms with Crippen molar-refractivity contribution < 1.29 is 25.4 Å². The van der Waals surface area contributed by atoms with Crippen LogP contribution in [-0.2, 0) is 16.9 Å². The van der Waals surface area contributed by atoms with E-state index in [1.807, 2.05) is 0 Å². The number of hydrogen-bond donors (Lipinski definition) is 1. The molecule has 1 N–H and O–H groups in total. The molecule has 0 saturated heterocycles. The van der Waals surface area contributed by atoms with Crippen molar-refractivity contribution in [2.45, 2.75) is 39.8 Å². The minimum Gasteiger partial charge on any atom is -0.485 e. The summed E-state index contributed by atoms with van der Waals surface area (Å²) in [5.74, 6) is -3.80. The van der Waals surface area contributed by atoms with Gasteiger partial charge < -0.3 is 10.1 Å². The zero-order valence-electron chi connectivity index (χ0n) is 22.8. The summed E-state index contributed by atoms with van der Waals surface area (Å²) >= 11 is 12.6. The van der Waals surface area contributed by atoms with Gasteiger partial charge in [-0.25, -0.2) is 22.8 Å². The van der Waals surface area contributed by atoms with Gasteiger partial charge in [0.2, 0.25) is 5.91 Å². The van der Waals surface area contributed by atoms with Crippen molar-refractivity contribution in [2.24, 2.45) is 0 Å². The summed E-state index contributed by atoms with van der Waals surface area (Å²) in [6.45, 7) is 2.97. The van der Waals surface area contributed by atoms with Crippen LogP contribution >= 0.6 is 23.2 Å². The summed E-state index contributed by atoms with van der Waals surface area (Å²) in [4.78, 5) is 32.4. The van der Waals surface area contributed by atoms with Gasteiger partial charge in [-0.05, 0) is 20.8 Å². The maximum Gasteiger partial charge on any atom is 0.277 e. The molecule has 0 spiro atoms. The van der Waals surface area contributed by atoms with Crippen LogP contribution < -0.4 is 15.6 Å². The van der Waals surface area contributed by atoms with Gasteiger partial charge in [-0.2, -0.15) is 5.10 Å². The van der Waals surface area contributed by atoms with Gasteiger partial charge in [0, 0.05) is 30.8 Å². The lowest BCUT2D eigenvalue weighted by Gasteiger charge is -2.23. The van der Waals surface area contributed by atoms with E-state index in [1.165, 1.54) is 32.2 Å². The van der Waals surface area contributed by atoms with Gasteiger partial charge in [0.1, 0.15) is 34.5 Å². The largest absolute Gasteiger partial charge is 0.485 e. The summed E-state index contributed by atoms with van der Waals surface area (Å²) < 4.78 is 65.8. The Bertz CT molecular complexity index is 1750. The van der Waals surface area contributed by atoms with Crippen LogP contribution in [-0.4, -0.2) is 30.2 Å². The number of aromatic nitrogens is 5. The summed E-state index contributed by atoms with van der Waals surface area (Å²) in [6.07, 6.45) is 2.86. The van der Waals surface area contributed by atoms with Gasteiger partial charge in [-0.15, -0.1) is 0 Å².